The lowest BCUT2D eigenvalue weighted by Crippen LogP contribution is -2.39. The van der Waals surface area contributed by atoms with Crippen LogP contribution >= 0.6 is 11.6 Å². The summed E-state index contributed by atoms with van der Waals surface area (Å²) >= 11 is 5.94. The van der Waals surface area contributed by atoms with Crippen LogP contribution in [0.4, 0.5) is 11.9 Å². The summed E-state index contributed by atoms with van der Waals surface area (Å²) in [6.07, 6.45) is 0. The molecule has 1 aromatic heterocycles. The molecule has 1 rings (SSSR count). The molecule has 7 nitrogen and oxygen atoms in total. The highest BCUT2D eigenvalue weighted by Gasteiger charge is 2.26. The molecule has 0 saturated heterocycles. The molecule has 1 heterocycles. The van der Waals surface area contributed by atoms with E-state index in [0.29, 0.717) is 18.4 Å². The third-order valence-electron chi connectivity index (χ3n) is 3.17. The number of rotatable bonds is 7. The van der Waals surface area contributed by atoms with E-state index in [4.69, 9.17) is 11.6 Å². The topological polar surface area (TPSA) is 83.0 Å². The lowest BCUT2D eigenvalue weighted by Gasteiger charge is -2.23. The Bertz CT molecular complexity index is 490. The van der Waals surface area contributed by atoms with E-state index >= 15 is 0 Å². The molecule has 0 bridgehead atoms. The van der Waals surface area contributed by atoms with Crippen molar-refractivity contribution in [1.82, 2.24) is 20.3 Å². The molecule has 0 aliphatic carbocycles. The first-order valence-electron chi connectivity index (χ1n) is 6.96. The van der Waals surface area contributed by atoms with E-state index in [1.54, 1.807) is 7.05 Å². The van der Waals surface area contributed by atoms with Crippen molar-refractivity contribution in [3.8, 4) is 0 Å². The second-order valence-corrected chi connectivity index (χ2v) is 5.55. The summed E-state index contributed by atoms with van der Waals surface area (Å²) in [5.74, 6) is 0.841. The SMILES string of the molecule is CCN(CC)c1nc(Cl)nc(NCC(C)(C)C(=O)NC)n1. The molecule has 0 fully saturated rings. The average molecular weight is 315 g/mol. The van der Waals surface area contributed by atoms with Crippen molar-refractivity contribution in [3.05, 3.63) is 5.28 Å². The zero-order valence-corrected chi connectivity index (χ0v) is 14.0. The van der Waals surface area contributed by atoms with Gasteiger partial charge in [0.2, 0.25) is 23.1 Å². The molecule has 21 heavy (non-hydrogen) atoms. The highest BCUT2D eigenvalue weighted by Crippen LogP contribution is 2.18. The normalized spacial score (nSPS) is 11.1. The van der Waals surface area contributed by atoms with Gasteiger partial charge in [0, 0.05) is 26.7 Å². The molecule has 8 heteroatoms. The van der Waals surface area contributed by atoms with E-state index in [1.807, 2.05) is 32.6 Å². The van der Waals surface area contributed by atoms with Crippen LogP contribution in [0, 0.1) is 5.41 Å². The number of hydrogen-bond acceptors (Lipinski definition) is 6. The van der Waals surface area contributed by atoms with Crippen LogP contribution in [0.15, 0.2) is 0 Å². The van der Waals surface area contributed by atoms with Gasteiger partial charge in [-0.2, -0.15) is 15.0 Å². The van der Waals surface area contributed by atoms with E-state index in [9.17, 15) is 4.79 Å². The van der Waals surface area contributed by atoms with E-state index in [1.165, 1.54) is 0 Å². The molecular weight excluding hydrogens is 292 g/mol. The Morgan fingerprint density at radius 2 is 1.86 bits per heavy atom. The predicted octanol–water partition coefficient (Wildman–Crippen LogP) is 1.56. The fourth-order valence-corrected chi connectivity index (χ4v) is 1.94. The van der Waals surface area contributed by atoms with Crippen molar-refractivity contribution in [2.24, 2.45) is 5.41 Å². The fraction of sp³-hybridized carbons (Fsp3) is 0.692. The summed E-state index contributed by atoms with van der Waals surface area (Å²) in [5.41, 5.74) is -0.580. The Hall–Kier alpha value is -1.63. The van der Waals surface area contributed by atoms with Gasteiger partial charge in [-0.1, -0.05) is 0 Å². The highest BCUT2D eigenvalue weighted by molar-refractivity contribution is 6.28. The van der Waals surface area contributed by atoms with Crippen molar-refractivity contribution >= 4 is 29.4 Å². The van der Waals surface area contributed by atoms with Crippen LogP contribution in [0.25, 0.3) is 0 Å². The molecule has 1 amide bonds. The first kappa shape index (κ1) is 17.4. The molecule has 0 spiro atoms. The van der Waals surface area contributed by atoms with Crippen LogP contribution in [-0.4, -0.2) is 47.5 Å². The maximum Gasteiger partial charge on any atom is 0.231 e. The van der Waals surface area contributed by atoms with Crippen LogP contribution in [0.3, 0.4) is 0 Å². The standard InChI is InChI=1S/C13H23ClN6O/c1-6-20(7-2)12-18-10(14)17-11(19-12)16-8-13(3,4)9(21)15-5/h6-8H2,1-5H3,(H,15,21)(H,16,17,18,19). The first-order chi connectivity index (χ1) is 9.83. The summed E-state index contributed by atoms with van der Waals surface area (Å²) in [6, 6.07) is 0. The number of hydrogen-bond donors (Lipinski definition) is 2. The monoisotopic (exact) mass is 314 g/mol. The van der Waals surface area contributed by atoms with Crippen LogP contribution in [0.5, 0.6) is 0 Å². The number of halogens is 1. The summed E-state index contributed by atoms with van der Waals surface area (Å²) < 4.78 is 0. The molecule has 0 unspecified atom stereocenters. The minimum atomic E-state index is -0.580. The molecule has 0 aromatic carbocycles. The summed E-state index contributed by atoms with van der Waals surface area (Å²) in [5, 5.41) is 5.82. The number of nitrogens with zero attached hydrogens (tertiary/aromatic N) is 4. The van der Waals surface area contributed by atoms with Gasteiger partial charge in [0.05, 0.1) is 5.41 Å². The quantitative estimate of drug-likeness (QED) is 0.794. The molecule has 0 aliphatic rings. The largest absolute Gasteiger partial charge is 0.359 e. The molecule has 0 saturated carbocycles. The lowest BCUT2D eigenvalue weighted by molar-refractivity contribution is -0.128. The molecule has 1 aromatic rings. The van der Waals surface area contributed by atoms with E-state index in [2.05, 4.69) is 25.6 Å². The van der Waals surface area contributed by atoms with Crippen molar-refractivity contribution in [2.75, 3.05) is 36.9 Å². The molecular formula is C13H23ClN6O. The summed E-state index contributed by atoms with van der Waals surface area (Å²) in [6.45, 7) is 9.66. The van der Waals surface area contributed by atoms with Crippen molar-refractivity contribution in [1.29, 1.82) is 0 Å². The zero-order valence-electron chi connectivity index (χ0n) is 13.2. The van der Waals surface area contributed by atoms with E-state index in [0.717, 1.165) is 13.1 Å². The van der Waals surface area contributed by atoms with E-state index < -0.39 is 5.41 Å². The van der Waals surface area contributed by atoms with Crippen molar-refractivity contribution in [2.45, 2.75) is 27.7 Å². The Kier molecular flexibility index (Phi) is 6.14. The van der Waals surface area contributed by atoms with Crippen LogP contribution in [-0.2, 0) is 4.79 Å². The molecule has 118 valence electrons. The van der Waals surface area contributed by atoms with Gasteiger partial charge < -0.3 is 15.5 Å². The van der Waals surface area contributed by atoms with Gasteiger partial charge in [0.25, 0.3) is 0 Å². The van der Waals surface area contributed by atoms with Crippen LogP contribution in [0.2, 0.25) is 5.28 Å². The van der Waals surface area contributed by atoms with Crippen LogP contribution in [0.1, 0.15) is 27.7 Å². The van der Waals surface area contributed by atoms with Gasteiger partial charge in [-0.15, -0.1) is 0 Å². The Morgan fingerprint density at radius 3 is 2.38 bits per heavy atom. The number of amides is 1. The number of anilines is 2. The molecule has 2 N–H and O–H groups in total. The van der Waals surface area contributed by atoms with Gasteiger partial charge in [-0.3, -0.25) is 4.79 Å². The van der Waals surface area contributed by atoms with Gasteiger partial charge in [0.15, 0.2) is 0 Å². The predicted molar refractivity (Wildman–Crippen MR) is 84.7 cm³/mol. The second-order valence-electron chi connectivity index (χ2n) is 5.22. The maximum absolute atomic E-state index is 11.8. The smallest absolute Gasteiger partial charge is 0.231 e. The molecule has 0 aliphatic heterocycles. The summed E-state index contributed by atoms with van der Waals surface area (Å²) in [4.78, 5) is 26.2. The minimum absolute atomic E-state index is 0.0564. The number of aromatic nitrogens is 3. The first-order valence-corrected chi connectivity index (χ1v) is 7.34. The van der Waals surface area contributed by atoms with Gasteiger partial charge in [0.1, 0.15) is 0 Å². The van der Waals surface area contributed by atoms with Gasteiger partial charge >= 0.3 is 0 Å². The third-order valence-corrected chi connectivity index (χ3v) is 3.34. The second kappa shape index (κ2) is 7.40. The van der Waals surface area contributed by atoms with Crippen LogP contribution < -0.4 is 15.5 Å². The van der Waals surface area contributed by atoms with Crippen molar-refractivity contribution in [3.63, 3.8) is 0 Å². The summed E-state index contributed by atoms with van der Waals surface area (Å²) in [7, 11) is 1.61. The van der Waals surface area contributed by atoms with Gasteiger partial charge in [-0.25, -0.2) is 0 Å². The fourth-order valence-electron chi connectivity index (χ4n) is 1.79. The zero-order chi connectivity index (χ0) is 16.0. The average Bonchev–Trinajstić information content (AvgIpc) is 2.45. The molecule has 0 atom stereocenters. The Balaban J connectivity index is 2.87. The lowest BCUT2D eigenvalue weighted by atomic mass is 9.92. The van der Waals surface area contributed by atoms with E-state index in [-0.39, 0.29) is 11.2 Å². The third kappa shape index (κ3) is 4.70. The molecule has 0 radical (unpaired) electrons. The van der Waals surface area contributed by atoms with Crippen molar-refractivity contribution < 1.29 is 4.79 Å². The number of carbonyl (C=O) groups is 1. The highest BCUT2D eigenvalue weighted by atomic mass is 35.5. The maximum atomic E-state index is 11.8. The number of carbonyl (C=O) groups excluding carboxylic acids is 1. The Morgan fingerprint density at radius 1 is 1.24 bits per heavy atom. The van der Waals surface area contributed by atoms with Gasteiger partial charge in [-0.05, 0) is 39.3 Å². The Labute approximate surface area is 130 Å². The number of nitrogens with one attached hydrogen (secondary N) is 2. The minimum Gasteiger partial charge on any atom is -0.359 e.